The van der Waals surface area contributed by atoms with Crippen LogP contribution in [0.15, 0.2) is 5.38 Å². The molecule has 0 bridgehead atoms. The van der Waals surface area contributed by atoms with Gasteiger partial charge in [0.1, 0.15) is 11.9 Å². The molecule has 0 saturated carbocycles. The zero-order valence-corrected chi connectivity index (χ0v) is 20.8. The van der Waals surface area contributed by atoms with Gasteiger partial charge in [0, 0.05) is 30.6 Å². The molecule has 1 aromatic heterocycles. The van der Waals surface area contributed by atoms with Crippen molar-refractivity contribution in [3.63, 3.8) is 0 Å². The van der Waals surface area contributed by atoms with Crippen molar-refractivity contribution in [2.24, 2.45) is 5.92 Å². The normalized spacial score (nSPS) is 16.8. The third-order valence-corrected chi connectivity index (χ3v) is 11.6. The van der Waals surface area contributed by atoms with E-state index in [9.17, 15) is 9.59 Å². The lowest BCUT2D eigenvalue weighted by molar-refractivity contribution is -0.109. The highest BCUT2D eigenvalue weighted by molar-refractivity contribution is 8.14. The number of hydrogen-bond acceptors (Lipinski definition) is 7. The summed E-state index contributed by atoms with van der Waals surface area (Å²) >= 11 is 2.84. The van der Waals surface area contributed by atoms with Crippen molar-refractivity contribution in [2.45, 2.75) is 71.2 Å². The summed E-state index contributed by atoms with van der Waals surface area (Å²) in [7, 11) is -2.00. The van der Waals surface area contributed by atoms with Crippen molar-refractivity contribution in [2.75, 3.05) is 18.0 Å². The van der Waals surface area contributed by atoms with E-state index in [1.165, 1.54) is 23.1 Å². The summed E-state index contributed by atoms with van der Waals surface area (Å²) in [6, 6.07) is 0. The van der Waals surface area contributed by atoms with E-state index in [-0.39, 0.29) is 28.2 Å². The first-order valence-corrected chi connectivity index (χ1v) is 14.3. The summed E-state index contributed by atoms with van der Waals surface area (Å²) in [4.78, 5) is 30.5. The van der Waals surface area contributed by atoms with E-state index >= 15 is 0 Å². The Balaban J connectivity index is 1.98. The first-order valence-electron chi connectivity index (χ1n) is 9.66. The van der Waals surface area contributed by atoms with Gasteiger partial charge >= 0.3 is 0 Å². The monoisotopic (exact) mass is 443 g/mol. The summed E-state index contributed by atoms with van der Waals surface area (Å²) in [5.41, 5.74) is 0.423. The van der Waals surface area contributed by atoms with Crippen LogP contribution in [0.1, 0.15) is 52.0 Å². The minimum atomic E-state index is -2.00. The van der Waals surface area contributed by atoms with Crippen LogP contribution in [0.4, 0.5) is 5.13 Å². The van der Waals surface area contributed by atoms with Gasteiger partial charge in [-0.1, -0.05) is 46.4 Å². The molecule has 1 N–H and O–H groups in total. The molecule has 0 aromatic carbocycles. The molecule has 1 saturated heterocycles. The number of thioether (sulfide) groups is 1. The summed E-state index contributed by atoms with van der Waals surface area (Å²) in [6.07, 6.45) is -0.334. The van der Waals surface area contributed by atoms with Gasteiger partial charge in [-0.2, -0.15) is 0 Å². The van der Waals surface area contributed by atoms with Gasteiger partial charge in [0.25, 0.3) is 5.91 Å². The lowest BCUT2D eigenvalue weighted by Crippen LogP contribution is -2.51. The Morgan fingerprint density at radius 1 is 1.36 bits per heavy atom. The molecule has 0 radical (unpaired) electrons. The van der Waals surface area contributed by atoms with E-state index in [4.69, 9.17) is 4.43 Å². The topological polar surface area (TPSA) is 71.5 Å². The van der Waals surface area contributed by atoms with Crippen LogP contribution in [-0.2, 0) is 9.22 Å². The fraction of sp³-hybridized carbons (Fsp3) is 0.737. The maximum Gasteiger partial charge on any atom is 0.272 e. The number of nitrogens with one attached hydrogen (secondary N) is 1. The standard InChI is InChI=1S/C19H33N3O3S2Si/c1-12(2)17(25-28(7,8)19(4,5)6)21-16(24)15-11-26-18(20-15)22-9-14(10-22)27-13(3)23/h11-12,14,17H,9-10H2,1-8H3,(H,21,24)/t17-/m0/s1. The van der Waals surface area contributed by atoms with E-state index in [0.717, 1.165) is 18.2 Å². The predicted octanol–water partition coefficient (Wildman–Crippen LogP) is 4.35. The van der Waals surface area contributed by atoms with Crippen molar-refractivity contribution >= 4 is 47.6 Å². The molecule has 1 aliphatic heterocycles. The average molecular weight is 444 g/mol. The number of nitrogens with zero attached hydrogens (tertiary/aromatic N) is 2. The fourth-order valence-electron chi connectivity index (χ4n) is 2.45. The van der Waals surface area contributed by atoms with Gasteiger partial charge in [0.2, 0.25) is 0 Å². The Kier molecular flexibility index (Phi) is 7.39. The SMILES string of the molecule is CC(=O)SC1CN(c2nc(C(=O)N[C@@H](O[Si](C)(C)C(C)(C)C)C(C)C)cs2)C1. The minimum absolute atomic E-state index is 0.0740. The zero-order chi connectivity index (χ0) is 21.3. The second kappa shape index (κ2) is 8.85. The Hall–Kier alpha value is -0.903. The first kappa shape index (κ1) is 23.4. The van der Waals surface area contributed by atoms with Crippen molar-refractivity contribution in [3.05, 3.63) is 11.1 Å². The maximum absolute atomic E-state index is 12.7. The summed E-state index contributed by atoms with van der Waals surface area (Å²) in [6.45, 7) is 18.2. The number of aromatic nitrogens is 1. The number of thiazole rings is 1. The number of anilines is 1. The van der Waals surface area contributed by atoms with Crippen LogP contribution in [0.5, 0.6) is 0 Å². The Morgan fingerprint density at radius 3 is 2.46 bits per heavy atom. The molecule has 6 nitrogen and oxygen atoms in total. The number of amides is 1. The number of carbonyl (C=O) groups is 2. The second-order valence-corrected chi connectivity index (χ2v) is 16.2. The molecule has 9 heteroatoms. The Labute approximate surface area is 177 Å². The number of rotatable bonds is 7. The van der Waals surface area contributed by atoms with Crippen LogP contribution in [0.2, 0.25) is 18.1 Å². The molecular formula is C19H33N3O3S2Si. The zero-order valence-electron chi connectivity index (χ0n) is 18.2. The van der Waals surface area contributed by atoms with Crippen LogP contribution < -0.4 is 10.2 Å². The second-order valence-electron chi connectivity index (χ2n) is 9.17. The van der Waals surface area contributed by atoms with Gasteiger partial charge in [-0.15, -0.1) is 11.3 Å². The third kappa shape index (κ3) is 5.81. The highest BCUT2D eigenvalue weighted by Gasteiger charge is 2.40. The van der Waals surface area contributed by atoms with Crippen molar-refractivity contribution in [1.29, 1.82) is 0 Å². The highest BCUT2D eigenvalue weighted by atomic mass is 32.2. The van der Waals surface area contributed by atoms with Gasteiger partial charge < -0.3 is 14.6 Å². The molecule has 1 amide bonds. The van der Waals surface area contributed by atoms with Crippen LogP contribution in [0, 0.1) is 5.92 Å². The van der Waals surface area contributed by atoms with Gasteiger partial charge in [0.15, 0.2) is 18.6 Å². The van der Waals surface area contributed by atoms with Crippen molar-refractivity contribution < 1.29 is 14.0 Å². The van der Waals surface area contributed by atoms with Crippen molar-refractivity contribution in [3.8, 4) is 0 Å². The third-order valence-electron chi connectivity index (χ3n) is 5.28. The molecule has 28 heavy (non-hydrogen) atoms. The van der Waals surface area contributed by atoms with Crippen LogP contribution in [0.25, 0.3) is 0 Å². The summed E-state index contributed by atoms with van der Waals surface area (Å²) in [5.74, 6) is -0.0361. The number of carbonyl (C=O) groups excluding carboxylic acids is 2. The van der Waals surface area contributed by atoms with Crippen LogP contribution in [-0.4, -0.2) is 48.9 Å². The predicted molar refractivity (Wildman–Crippen MR) is 121 cm³/mol. The summed E-state index contributed by atoms with van der Waals surface area (Å²) < 4.78 is 6.43. The summed E-state index contributed by atoms with van der Waals surface area (Å²) in [5, 5.41) is 6.20. The van der Waals surface area contributed by atoms with Crippen LogP contribution >= 0.6 is 23.1 Å². The lowest BCUT2D eigenvalue weighted by Gasteiger charge is -2.40. The lowest BCUT2D eigenvalue weighted by atomic mass is 10.2. The van der Waals surface area contributed by atoms with E-state index < -0.39 is 8.32 Å². The van der Waals surface area contributed by atoms with Gasteiger partial charge in [-0.05, 0) is 24.1 Å². The molecule has 1 atom stereocenters. The largest absolute Gasteiger partial charge is 0.397 e. The quantitative estimate of drug-likeness (QED) is 0.499. The van der Waals surface area contributed by atoms with Crippen LogP contribution in [0.3, 0.4) is 0 Å². The van der Waals surface area contributed by atoms with E-state index in [2.05, 4.69) is 62.9 Å². The Bertz CT molecular complexity index is 710. The average Bonchev–Trinajstić information content (AvgIpc) is 2.97. The fourth-order valence-corrected chi connectivity index (χ4v) is 5.57. The van der Waals surface area contributed by atoms with Gasteiger partial charge in [0.05, 0.1) is 0 Å². The Morgan fingerprint density at radius 2 is 1.96 bits per heavy atom. The van der Waals surface area contributed by atoms with Crippen molar-refractivity contribution in [1.82, 2.24) is 10.3 Å². The van der Waals surface area contributed by atoms with E-state index in [1.807, 2.05) is 0 Å². The molecule has 2 heterocycles. The molecule has 158 valence electrons. The number of hydrogen-bond donors (Lipinski definition) is 1. The van der Waals surface area contributed by atoms with E-state index in [1.54, 1.807) is 12.3 Å². The molecule has 2 rings (SSSR count). The molecule has 1 aliphatic rings. The molecule has 0 unspecified atom stereocenters. The molecule has 1 fully saturated rings. The molecular weight excluding hydrogens is 410 g/mol. The molecule has 0 spiro atoms. The van der Waals surface area contributed by atoms with E-state index in [0.29, 0.717) is 10.9 Å². The smallest absolute Gasteiger partial charge is 0.272 e. The maximum atomic E-state index is 12.7. The highest BCUT2D eigenvalue weighted by Crippen LogP contribution is 2.38. The van der Waals surface area contributed by atoms with Gasteiger partial charge in [-0.25, -0.2) is 4.98 Å². The molecule has 0 aliphatic carbocycles. The first-order chi connectivity index (χ1) is 12.8. The van der Waals surface area contributed by atoms with Gasteiger partial charge in [-0.3, -0.25) is 9.59 Å². The molecule has 1 aromatic rings. The minimum Gasteiger partial charge on any atom is -0.397 e.